The van der Waals surface area contributed by atoms with E-state index in [1.165, 1.54) is 41.3 Å². The number of aryl methyl sites for hydroxylation is 1. The third kappa shape index (κ3) is 6.73. The zero-order chi connectivity index (χ0) is 25.5. The Hall–Kier alpha value is -3.59. The van der Waals surface area contributed by atoms with Crippen molar-refractivity contribution in [1.82, 2.24) is 9.80 Å². The second kappa shape index (κ2) is 11.7. The van der Waals surface area contributed by atoms with Gasteiger partial charge in [0.05, 0.1) is 11.5 Å². The van der Waals surface area contributed by atoms with Crippen LogP contribution in [-0.4, -0.2) is 39.1 Å². The largest absolute Gasteiger partial charge is 0.332 e. The van der Waals surface area contributed by atoms with E-state index < -0.39 is 10.8 Å². The van der Waals surface area contributed by atoms with Crippen LogP contribution in [0.3, 0.4) is 0 Å². The molecule has 0 bridgehead atoms. The Morgan fingerprint density at radius 1 is 1.11 bits per heavy atom. The van der Waals surface area contributed by atoms with E-state index in [0.717, 1.165) is 16.0 Å². The van der Waals surface area contributed by atoms with Gasteiger partial charge in [-0.1, -0.05) is 25.1 Å². The number of hydrogen-bond donors (Lipinski definition) is 0. The predicted molar refractivity (Wildman–Crippen MR) is 134 cm³/mol. The minimum absolute atomic E-state index is 0.159. The van der Waals surface area contributed by atoms with Crippen molar-refractivity contribution in [1.29, 1.82) is 0 Å². The van der Waals surface area contributed by atoms with Gasteiger partial charge in [0.1, 0.15) is 12.4 Å². The van der Waals surface area contributed by atoms with E-state index in [9.17, 15) is 24.1 Å². The highest BCUT2D eigenvalue weighted by Crippen LogP contribution is 2.21. The smallest absolute Gasteiger partial charge is 0.270 e. The van der Waals surface area contributed by atoms with Gasteiger partial charge in [-0.3, -0.25) is 19.7 Å². The molecule has 7 nitrogen and oxygen atoms in total. The summed E-state index contributed by atoms with van der Waals surface area (Å²) in [7, 11) is 0. The molecule has 0 saturated heterocycles. The van der Waals surface area contributed by atoms with E-state index in [1.807, 2.05) is 32.2 Å². The van der Waals surface area contributed by atoms with Gasteiger partial charge in [0.2, 0.25) is 5.91 Å². The first-order valence-corrected chi connectivity index (χ1v) is 12.2. The molecule has 0 fully saturated rings. The van der Waals surface area contributed by atoms with Gasteiger partial charge in [-0.25, -0.2) is 4.39 Å². The molecule has 0 aliphatic heterocycles. The Balaban J connectivity index is 1.87. The summed E-state index contributed by atoms with van der Waals surface area (Å²) in [5, 5.41) is 13.1. The molecule has 2 aromatic carbocycles. The number of benzene rings is 2. The number of carbonyl (C=O) groups is 2. The maximum atomic E-state index is 13.5. The van der Waals surface area contributed by atoms with Crippen LogP contribution in [0, 0.1) is 22.9 Å². The molecule has 0 spiro atoms. The second-order valence-corrected chi connectivity index (χ2v) is 9.40. The summed E-state index contributed by atoms with van der Waals surface area (Å²) in [4.78, 5) is 41.6. The minimum atomic E-state index is -0.552. The maximum Gasteiger partial charge on any atom is 0.270 e. The van der Waals surface area contributed by atoms with E-state index >= 15 is 0 Å². The van der Waals surface area contributed by atoms with E-state index in [0.29, 0.717) is 13.0 Å². The summed E-state index contributed by atoms with van der Waals surface area (Å²) < 4.78 is 13.4. The number of carbonyl (C=O) groups excluding carboxylic acids is 2. The van der Waals surface area contributed by atoms with Gasteiger partial charge < -0.3 is 9.80 Å². The molecule has 9 heteroatoms. The van der Waals surface area contributed by atoms with Gasteiger partial charge >= 0.3 is 0 Å². The van der Waals surface area contributed by atoms with Gasteiger partial charge in [-0.05, 0) is 61.0 Å². The number of thiophene rings is 1. The second-order valence-electron chi connectivity index (χ2n) is 8.40. The van der Waals surface area contributed by atoms with Crippen molar-refractivity contribution in [2.75, 3.05) is 6.54 Å². The fraction of sp³-hybridized carbons (Fsp3) is 0.308. The van der Waals surface area contributed by atoms with E-state index in [1.54, 1.807) is 28.4 Å². The van der Waals surface area contributed by atoms with Crippen molar-refractivity contribution in [3.63, 3.8) is 0 Å². The number of non-ortho nitro benzene ring substituents is 1. The zero-order valence-electron chi connectivity index (χ0n) is 19.9. The monoisotopic (exact) mass is 497 g/mol. The lowest BCUT2D eigenvalue weighted by atomic mass is 10.1. The molecule has 1 heterocycles. The fourth-order valence-electron chi connectivity index (χ4n) is 3.59. The molecular weight excluding hydrogens is 469 g/mol. The van der Waals surface area contributed by atoms with Crippen LogP contribution in [0.15, 0.2) is 60.0 Å². The lowest BCUT2D eigenvalue weighted by Crippen LogP contribution is -2.46. The van der Waals surface area contributed by atoms with Crippen molar-refractivity contribution >= 4 is 28.8 Å². The Kier molecular flexibility index (Phi) is 8.70. The molecule has 1 atom stereocenters. The Bertz CT molecular complexity index is 1200. The first-order valence-electron chi connectivity index (χ1n) is 11.3. The van der Waals surface area contributed by atoms with E-state index in [4.69, 9.17) is 0 Å². The molecule has 0 saturated carbocycles. The van der Waals surface area contributed by atoms with E-state index in [-0.39, 0.29) is 42.1 Å². The van der Waals surface area contributed by atoms with Gasteiger partial charge in [-0.15, -0.1) is 11.3 Å². The lowest BCUT2D eigenvalue weighted by molar-refractivity contribution is -0.384. The van der Waals surface area contributed by atoms with Crippen LogP contribution in [0.2, 0.25) is 0 Å². The average Bonchev–Trinajstić information content (AvgIpc) is 3.26. The van der Waals surface area contributed by atoms with E-state index in [2.05, 4.69) is 0 Å². The molecule has 0 radical (unpaired) electrons. The van der Waals surface area contributed by atoms with Crippen molar-refractivity contribution in [2.24, 2.45) is 0 Å². The van der Waals surface area contributed by atoms with Gasteiger partial charge in [0.15, 0.2) is 0 Å². The number of nitro groups is 1. The molecule has 2 amide bonds. The molecule has 3 rings (SSSR count). The lowest BCUT2D eigenvalue weighted by Gasteiger charge is -2.31. The highest BCUT2D eigenvalue weighted by atomic mass is 32.1. The van der Waals surface area contributed by atoms with Crippen LogP contribution >= 0.6 is 11.3 Å². The number of nitro benzene ring substituents is 1. The van der Waals surface area contributed by atoms with Gasteiger partial charge in [0.25, 0.3) is 11.6 Å². The van der Waals surface area contributed by atoms with Gasteiger partial charge in [0, 0.05) is 35.2 Å². The summed E-state index contributed by atoms with van der Waals surface area (Å²) >= 11 is 1.55. The number of rotatable bonds is 10. The molecular formula is C26H28FN3O4S. The van der Waals surface area contributed by atoms with Crippen molar-refractivity contribution in [3.8, 4) is 0 Å². The average molecular weight is 498 g/mol. The first-order chi connectivity index (χ1) is 16.7. The molecule has 0 aliphatic carbocycles. The van der Waals surface area contributed by atoms with Gasteiger partial charge in [-0.2, -0.15) is 0 Å². The number of halogens is 1. The minimum Gasteiger partial charge on any atom is -0.332 e. The highest BCUT2D eigenvalue weighted by molar-refractivity contribution is 7.10. The third-order valence-corrected chi connectivity index (χ3v) is 6.94. The van der Waals surface area contributed by atoms with Crippen molar-refractivity contribution in [2.45, 2.75) is 46.3 Å². The zero-order valence-corrected chi connectivity index (χ0v) is 20.8. The molecule has 3 aromatic rings. The third-order valence-electron chi connectivity index (χ3n) is 5.94. The van der Waals surface area contributed by atoms with Crippen molar-refractivity contribution in [3.05, 3.63) is 97.5 Å². The van der Waals surface area contributed by atoms with Crippen LogP contribution in [0.25, 0.3) is 0 Å². The summed E-state index contributed by atoms with van der Waals surface area (Å²) in [5.74, 6) is -1.06. The Morgan fingerprint density at radius 2 is 1.83 bits per heavy atom. The molecule has 0 unspecified atom stereocenters. The van der Waals surface area contributed by atoms with Crippen LogP contribution in [0.5, 0.6) is 0 Å². The highest BCUT2D eigenvalue weighted by Gasteiger charge is 2.27. The van der Waals surface area contributed by atoms with Crippen molar-refractivity contribution < 1.29 is 18.9 Å². The summed E-state index contributed by atoms with van der Waals surface area (Å²) in [6.45, 7) is 6.17. The first kappa shape index (κ1) is 26.0. The number of hydrogen-bond acceptors (Lipinski definition) is 5. The topological polar surface area (TPSA) is 83.8 Å². The molecule has 1 aromatic heterocycles. The van der Waals surface area contributed by atoms with Crippen LogP contribution in [0.1, 0.15) is 46.6 Å². The maximum absolute atomic E-state index is 13.5. The Labute approximate surface area is 207 Å². The fourth-order valence-corrected chi connectivity index (χ4v) is 4.51. The predicted octanol–water partition coefficient (Wildman–Crippen LogP) is 5.57. The summed E-state index contributed by atoms with van der Waals surface area (Å²) in [6, 6.07) is 13.2. The standard InChI is InChI=1S/C26H28FN3O4S/c1-4-19(3)29(26(32)21-6-5-7-23(14-21)30(33)34)17-25(31)28(16-24-18(2)12-13-35-24)15-20-8-10-22(27)11-9-20/h5-14,19H,4,15-17H2,1-3H3/t19-/m0/s1. The summed E-state index contributed by atoms with van der Waals surface area (Å²) in [6.07, 6.45) is 0.607. The molecule has 0 aliphatic rings. The normalized spacial score (nSPS) is 11.7. The SMILES string of the molecule is CC[C@H](C)N(CC(=O)N(Cc1ccc(F)cc1)Cc1sccc1C)C(=O)c1cccc([N+](=O)[O-])c1. The quantitative estimate of drug-likeness (QED) is 0.271. The Morgan fingerprint density at radius 3 is 2.43 bits per heavy atom. The molecule has 184 valence electrons. The van der Waals surface area contributed by atoms with Crippen LogP contribution in [-0.2, 0) is 17.9 Å². The van der Waals surface area contributed by atoms with Crippen LogP contribution in [0.4, 0.5) is 10.1 Å². The molecule has 35 heavy (non-hydrogen) atoms. The number of nitrogens with zero attached hydrogens (tertiary/aromatic N) is 3. The number of amides is 2. The van der Waals surface area contributed by atoms with Crippen LogP contribution < -0.4 is 0 Å². The molecule has 0 N–H and O–H groups in total. The summed E-state index contributed by atoms with van der Waals surface area (Å²) in [5.41, 5.74) is 1.82.